The van der Waals surface area contributed by atoms with Crippen LogP contribution in [0.3, 0.4) is 0 Å². The second-order valence-electron chi connectivity index (χ2n) is 6.48. The van der Waals surface area contributed by atoms with E-state index in [1.807, 2.05) is 13.0 Å². The van der Waals surface area contributed by atoms with E-state index in [2.05, 4.69) is 6.08 Å². The minimum atomic E-state index is -0.939. The number of esters is 1. The van der Waals surface area contributed by atoms with Gasteiger partial charge in [0.15, 0.2) is 11.9 Å². The van der Waals surface area contributed by atoms with E-state index >= 15 is 0 Å². The maximum Gasteiger partial charge on any atom is 0.303 e. The molecular formula is C15H20O4. The molecule has 0 aromatic rings. The Morgan fingerprint density at radius 2 is 2.16 bits per heavy atom. The summed E-state index contributed by atoms with van der Waals surface area (Å²) in [5.41, 5.74) is -1.82. The van der Waals surface area contributed by atoms with E-state index in [4.69, 9.17) is 4.74 Å². The molecule has 0 aromatic carbocycles. The van der Waals surface area contributed by atoms with Crippen molar-refractivity contribution in [1.82, 2.24) is 0 Å². The van der Waals surface area contributed by atoms with Gasteiger partial charge in [-0.15, -0.1) is 0 Å². The Morgan fingerprint density at radius 1 is 1.42 bits per heavy atom. The van der Waals surface area contributed by atoms with Gasteiger partial charge in [-0.3, -0.25) is 9.59 Å². The molecule has 2 fully saturated rings. The van der Waals surface area contributed by atoms with Gasteiger partial charge in [0.2, 0.25) is 0 Å². The number of ketones is 1. The summed E-state index contributed by atoms with van der Waals surface area (Å²) in [6, 6.07) is 0. The van der Waals surface area contributed by atoms with Crippen molar-refractivity contribution in [1.29, 1.82) is 0 Å². The molecule has 0 aliphatic heterocycles. The fraction of sp³-hybridized carbons (Fsp3) is 0.733. The molecule has 3 rings (SSSR count). The number of Topliss-reactive ketones (excluding diaryl/α,β-unsaturated/α-hetero) is 1. The number of hydrogen-bond acceptors (Lipinski definition) is 4. The SMILES string of the molecule is CC(=O)O[C@H]1C(=O)C[C@@]2(O)CC[C@@]13C=CCC[C@@]23C. The highest BCUT2D eigenvalue weighted by Crippen LogP contribution is 2.68. The van der Waals surface area contributed by atoms with Crippen molar-refractivity contribution in [2.24, 2.45) is 10.8 Å². The first-order valence-corrected chi connectivity index (χ1v) is 6.95. The molecule has 0 unspecified atom stereocenters. The second kappa shape index (κ2) is 3.69. The highest BCUT2D eigenvalue weighted by Gasteiger charge is 2.72. The highest BCUT2D eigenvalue weighted by atomic mass is 16.5. The molecule has 19 heavy (non-hydrogen) atoms. The van der Waals surface area contributed by atoms with E-state index < -0.39 is 23.1 Å². The Hall–Kier alpha value is -1.16. The van der Waals surface area contributed by atoms with Gasteiger partial charge in [-0.1, -0.05) is 19.1 Å². The van der Waals surface area contributed by atoms with Gasteiger partial charge in [0.25, 0.3) is 0 Å². The average Bonchev–Trinajstić information content (AvgIpc) is 2.49. The van der Waals surface area contributed by atoms with Crippen LogP contribution in [-0.2, 0) is 14.3 Å². The largest absolute Gasteiger partial charge is 0.454 e. The summed E-state index contributed by atoms with van der Waals surface area (Å²) in [6.07, 6.45) is 6.53. The Morgan fingerprint density at radius 3 is 2.84 bits per heavy atom. The first-order valence-electron chi connectivity index (χ1n) is 6.95. The molecule has 0 heterocycles. The summed E-state index contributed by atoms with van der Waals surface area (Å²) in [4.78, 5) is 23.6. The maximum atomic E-state index is 12.3. The summed E-state index contributed by atoms with van der Waals surface area (Å²) in [7, 11) is 0. The fourth-order valence-corrected chi connectivity index (χ4v) is 4.59. The molecule has 2 bridgehead atoms. The van der Waals surface area contributed by atoms with Crippen LogP contribution in [0.2, 0.25) is 0 Å². The molecule has 0 saturated heterocycles. The third-order valence-electron chi connectivity index (χ3n) is 5.74. The summed E-state index contributed by atoms with van der Waals surface area (Å²) in [6.45, 7) is 3.38. The molecule has 0 spiro atoms. The minimum absolute atomic E-state index is 0.108. The van der Waals surface area contributed by atoms with E-state index in [1.165, 1.54) is 6.92 Å². The summed E-state index contributed by atoms with van der Waals surface area (Å²) in [5, 5.41) is 10.9. The third-order valence-corrected chi connectivity index (χ3v) is 5.74. The quantitative estimate of drug-likeness (QED) is 0.579. The zero-order valence-corrected chi connectivity index (χ0v) is 11.4. The van der Waals surface area contributed by atoms with Crippen LogP contribution in [-0.4, -0.2) is 28.6 Å². The van der Waals surface area contributed by atoms with Crippen molar-refractivity contribution in [2.75, 3.05) is 0 Å². The van der Waals surface area contributed by atoms with E-state index in [0.29, 0.717) is 12.8 Å². The smallest absolute Gasteiger partial charge is 0.303 e. The van der Waals surface area contributed by atoms with Crippen molar-refractivity contribution < 1.29 is 19.4 Å². The predicted octanol–water partition coefficient (Wildman–Crippen LogP) is 1.76. The first kappa shape index (κ1) is 12.9. The molecule has 0 radical (unpaired) electrons. The van der Waals surface area contributed by atoms with E-state index in [-0.39, 0.29) is 17.6 Å². The third kappa shape index (κ3) is 1.38. The molecule has 0 amide bonds. The van der Waals surface area contributed by atoms with Crippen molar-refractivity contribution >= 4 is 11.8 Å². The van der Waals surface area contributed by atoms with Gasteiger partial charge in [0.05, 0.1) is 5.60 Å². The maximum absolute atomic E-state index is 12.3. The Kier molecular flexibility index (Phi) is 2.50. The van der Waals surface area contributed by atoms with Crippen molar-refractivity contribution in [3.05, 3.63) is 12.2 Å². The Balaban J connectivity index is 2.13. The van der Waals surface area contributed by atoms with Crippen molar-refractivity contribution in [3.8, 4) is 0 Å². The number of allylic oxidation sites excluding steroid dienone is 1. The van der Waals surface area contributed by atoms with E-state index in [0.717, 1.165) is 12.8 Å². The molecule has 104 valence electrons. The topological polar surface area (TPSA) is 63.6 Å². The summed E-state index contributed by atoms with van der Waals surface area (Å²) >= 11 is 0. The van der Waals surface area contributed by atoms with Crippen LogP contribution in [0.15, 0.2) is 12.2 Å². The standard InChI is InChI=1S/C15H20O4/c1-10(16)19-12-11(17)9-15(18)8-7-14(12)6-4-3-5-13(14,15)2/h4,6,12,18H,3,5,7-9H2,1-2H3/t12-,13+,14-,15-/m0/s1. The molecule has 0 aromatic heterocycles. The molecule has 2 saturated carbocycles. The average molecular weight is 264 g/mol. The number of aliphatic hydroxyl groups is 1. The molecule has 4 heteroatoms. The van der Waals surface area contributed by atoms with Gasteiger partial charge in [0.1, 0.15) is 0 Å². The van der Waals surface area contributed by atoms with Crippen LogP contribution in [0.25, 0.3) is 0 Å². The number of rotatable bonds is 1. The van der Waals surface area contributed by atoms with E-state index in [1.54, 1.807) is 0 Å². The van der Waals surface area contributed by atoms with Crippen LogP contribution in [0.4, 0.5) is 0 Å². The summed E-state index contributed by atoms with van der Waals surface area (Å²) < 4.78 is 5.35. The lowest BCUT2D eigenvalue weighted by molar-refractivity contribution is -0.191. The van der Waals surface area contributed by atoms with Crippen LogP contribution in [0.5, 0.6) is 0 Å². The van der Waals surface area contributed by atoms with Crippen LogP contribution in [0, 0.1) is 10.8 Å². The van der Waals surface area contributed by atoms with Gasteiger partial charge in [-0.05, 0) is 25.7 Å². The lowest BCUT2D eigenvalue weighted by Gasteiger charge is -2.56. The lowest BCUT2D eigenvalue weighted by Crippen LogP contribution is -2.63. The lowest BCUT2D eigenvalue weighted by atomic mass is 9.50. The van der Waals surface area contributed by atoms with Crippen LogP contribution >= 0.6 is 0 Å². The Bertz CT molecular complexity index is 483. The van der Waals surface area contributed by atoms with Gasteiger partial charge >= 0.3 is 5.97 Å². The molecule has 4 atom stereocenters. The Labute approximate surface area is 112 Å². The fourth-order valence-electron chi connectivity index (χ4n) is 4.59. The molecular weight excluding hydrogens is 244 g/mol. The normalized spacial score (nSPS) is 47.9. The minimum Gasteiger partial charge on any atom is -0.454 e. The molecule has 1 N–H and O–H groups in total. The zero-order chi connectivity index (χ0) is 13.9. The first-order chi connectivity index (χ1) is 8.85. The molecule has 3 aliphatic carbocycles. The molecule has 3 aliphatic rings. The van der Waals surface area contributed by atoms with Crippen molar-refractivity contribution in [3.63, 3.8) is 0 Å². The number of carbonyl (C=O) groups excluding carboxylic acids is 2. The number of ether oxygens (including phenoxy) is 1. The van der Waals surface area contributed by atoms with Gasteiger partial charge in [-0.2, -0.15) is 0 Å². The van der Waals surface area contributed by atoms with Gasteiger partial charge < -0.3 is 9.84 Å². The zero-order valence-electron chi connectivity index (χ0n) is 11.4. The van der Waals surface area contributed by atoms with Gasteiger partial charge in [-0.25, -0.2) is 0 Å². The van der Waals surface area contributed by atoms with Gasteiger partial charge in [0, 0.05) is 24.2 Å². The van der Waals surface area contributed by atoms with E-state index in [9.17, 15) is 14.7 Å². The highest BCUT2D eigenvalue weighted by molar-refractivity contribution is 5.89. The number of carbonyl (C=O) groups is 2. The monoisotopic (exact) mass is 264 g/mol. The second-order valence-corrected chi connectivity index (χ2v) is 6.48. The van der Waals surface area contributed by atoms with Crippen LogP contribution in [0.1, 0.15) is 46.0 Å². The summed E-state index contributed by atoms with van der Waals surface area (Å²) in [5.74, 6) is -0.564. The van der Waals surface area contributed by atoms with Crippen LogP contribution < -0.4 is 0 Å². The van der Waals surface area contributed by atoms with Crippen molar-refractivity contribution in [2.45, 2.75) is 57.7 Å². The number of hydrogen-bond donors (Lipinski definition) is 1. The predicted molar refractivity (Wildman–Crippen MR) is 68.3 cm³/mol. The molecule has 4 nitrogen and oxygen atoms in total.